The van der Waals surface area contributed by atoms with Crippen LogP contribution in [0.5, 0.6) is 0 Å². The molecule has 0 aromatic rings. The fourth-order valence-corrected chi connectivity index (χ4v) is 2.28. The molecule has 1 aliphatic heterocycles. The third kappa shape index (κ3) is 5.20. The Hall–Kier alpha value is -1.62. The molecule has 0 spiro atoms. The van der Waals surface area contributed by atoms with Crippen LogP contribution in [0, 0.1) is 0 Å². The van der Waals surface area contributed by atoms with Crippen molar-refractivity contribution in [2.45, 2.75) is 32.4 Å². The van der Waals surface area contributed by atoms with Crippen molar-refractivity contribution in [1.82, 2.24) is 5.32 Å². The first-order chi connectivity index (χ1) is 10.8. The molecule has 1 aliphatic rings. The second-order valence-corrected chi connectivity index (χ2v) is 6.10. The SMILES string of the molecule is C=C/C=C\C(C1=NC(O)C(=O)NC(=C/C)/C1=C\C(C)Cl)=C(/C)Cl. The molecule has 0 aromatic carbocycles. The molecule has 0 radical (unpaired) electrons. The van der Waals surface area contributed by atoms with Crippen LogP contribution in [0.2, 0.25) is 0 Å². The maximum atomic E-state index is 11.9. The van der Waals surface area contributed by atoms with Crippen LogP contribution in [0.1, 0.15) is 20.8 Å². The zero-order chi connectivity index (χ0) is 17.6. The first kappa shape index (κ1) is 19.4. The Morgan fingerprint density at radius 1 is 1.52 bits per heavy atom. The lowest BCUT2D eigenvalue weighted by Gasteiger charge is -2.14. The molecule has 0 aliphatic carbocycles. The smallest absolute Gasteiger partial charge is 0.276 e. The molecule has 23 heavy (non-hydrogen) atoms. The van der Waals surface area contributed by atoms with Gasteiger partial charge in [-0.05, 0) is 20.8 Å². The summed E-state index contributed by atoms with van der Waals surface area (Å²) in [6.45, 7) is 8.89. The Morgan fingerprint density at radius 3 is 2.65 bits per heavy atom. The number of nitrogens with one attached hydrogen (secondary N) is 1. The number of carbonyl (C=O) groups excluding carboxylic acids is 1. The number of alkyl halides is 1. The lowest BCUT2D eigenvalue weighted by atomic mass is 9.97. The first-order valence-corrected chi connectivity index (χ1v) is 7.88. The highest BCUT2D eigenvalue weighted by molar-refractivity contribution is 6.34. The van der Waals surface area contributed by atoms with Crippen LogP contribution in [0.25, 0.3) is 0 Å². The normalized spacial score (nSPS) is 25.0. The fraction of sp³-hybridized carbons (Fsp3) is 0.294. The summed E-state index contributed by atoms with van der Waals surface area (Å²) in [5.41, 5.74) is 2.08. The Kier molecular flexibility index (Phi) is 7.49. The standard InChI is InChI=1S/C17H20Cl2N2O2/c1-5-7-8-12(11(4)19)15-13(9-10(3)18)14(6-2)20-16(22)17(23)21-15/h5-10,17,23H,1H2,2-4H3,(H,20,22)/b8-7-,12-11-,13-9+,14-6+. The van der Waals surface area contributed by atoms with Gasteiger partial charge >= 0.3 is 0 Å². The lowest BCUT2D eigenvalue weighted by molar-refractivity contribution is -0.127. The number of hydrogen-bond donors (Lipinski definition) is 2. The van der Waals surface area contributed by atoms with Gasteiger partial charge in [0.2, 0.25) is 6.23 Å². The number of hydrogen-bond acceptors (Lipinski definition) is 3. The molecule has 124 valence electrons. The van der Waals surface area contributed by atoms with E-state index in [1.54, 1.807) is 51.2 Å². The minimum Gasteiger partial charge on any atom is -0.364 e. The van der Waals surface area contributed by atoms with Crippen molar-refractivity contribution >= 4 is 34.8 Å². The number of nitrogens with zero attached hydrogens (tertiary/aromatic N) is 1. The van der Waals surface area contributed by atoms with Crippen LogP contribution in [-0.2, 0) is 4.79 Å². The largest absolute Gasteiger partial charge is 0.364 e. The molecule has 1 amide bonds. The van der Waals surface area contributed by atoms with Crippen molar-refractivity contribution in [3.05, 3.63) is 58.8 Å². The molecular formula is C17H20Cl2N2O2. The van der Waals surface area contributed by atoms with Crippen LogP contribution < -0.4 is 5.32 Å². The van der Waals surface area contributed by atoms with Gasteiger partial charge in [-0.15, -0.1) is 11.6 Å². The summed E-state index contributed by atoms with van der Waals surface area (Å²) in [5, 5.41) is 12.7. The van der Waals surface area contributed by atoms with Gasteiger partial charge in [-0.1, -0.05) is 48.6 Å². The van der Waals surface area contributed by atoms with E-state index in [4.69, 9.17) is 23.2 Å². The number of halogens is 2. The van der Waals surface area contributed by atoms with E-state index in [1.807, 2.05) is 0 Å². The Labute approximate surface area is 146 Å². The number of amides is 1. The summed E-state index contributed by atoms with van der Waals surface area (Å²) >= 11 is 12.3. The fourth-order valence-electron chi connectivity index (χ4n) is 2.00. The van der Waals surface area contributed by atoms with Gasteiger partial charge in [0, 0.05) is 27.3 Å². The average molecular weight is 355 g/mol. The van der Waals surface area contributed by atoms with Gasteiger partial charge in [-0.2, -0.15) is 0 Å². The molecular weight excluding hydrogens is 335 g/mol. The molecule has 0 fully saturated rings. The topological polar surface area (TPSA) is 61.7 Å². The predicted molar refractivity (Wildman–Crippen MR) is 96.6 cm³/mol. The van der Waals surface area contributed by atoms with Crippen molar-refractivity contribution in [2.24, 2.45) is 4.99 Å². The number of aliphatic hydroxyl groups excluding tert-OH is 1. The van der Waals surface area contributed by atoms with Gasteiger partial charge in [-0.25, -0.2) is 4.99 Å². The number of aliphatic hydroxyl groups is 1. The molecule has 1 rings (SSSR count). The van der Waals surface area contributed by atoms with E-state index in [9.17, 15) is 9.90 Å². The minimum atomic E-state index is -1.53. The van der Waals surface area contributed by atoms with Crippen LogP contribution in [0.15, 0.2) is 63.8 Å². The summed E-state index contributed by atoms with van der Waals surface area (Å²) in [5.74, 6) is -0.611. The average Bonchev–Trinajstić information content (AvgIpc) is 2.58. The molecule has 2 unspecified atom stereocenters. The van der Waals surface area contributed by atoms with Crippen LogP contribution in [0.4, 0.5) is 0 Å². The molecule has 0 saturated carbocycles. The third-order valence-corrected chi connectivity index (χ3v) is 3.33. The van der Waals surface area contributed by atoms with Crippen molar-refractivity contribution in [3.63, 3.8) is 0 Å². The van der Waals surface area contributed by atoms with Gasteiger partial charge in [0.15, 0.2) is 0 Å². The highest BCUT2D eigenvalue weighted by atomic mass is 35.5. The second kappa shape index (κ2) is 8.87. The maximum absolute atomic E-state index is 11.9. The van der Waals surface area contributed by atoms with Gasteiger partial charge in [0.1, 0.15) is 0 Å². The molecule has 0 saturated heterocycles. The van der Waals surface area contributed by atoms with Gasteiger partial charge in [-0.3, -0.25) is 4.79 Å². The zero-order valence-corrected chi connectivity index (χ0v) is 14.8. The highest BCUT2D eigenvalue weighted by Gasteiger charge is 2.27. The molecule has 0 aromatic heterocycles. The van der Waals surface area contributed by atoms with E-state index < -0.39 is 12.1 Å². The van der Waals surface area contributed by atoms with E-state index in [-0.39, 0.29) is 5.38 Å². The number of carbonyl (C=O) groups is 1. The van der Waals surface area contributed by atoms with E-state index in [1.165, 1.54) is 0 Å². The third-order valence-electron chi connectivity index (χ3n) is 3.00. The maximum Gasteiger partial charge on any atom is 0.276 e. The number of allylic oxidation sites excluding steroid dienone is 8. The highest BCUT2D eigenvalue weighted by Crippen LogP contribution is 2.25. The molecule has 1 heterocycles. The predicted octanol–water partition coefficient (Wildman–Crippen LogP) is 3.59. The van der Waals surface area contributed by atoms with Crippen LogP contribution in [-0.4, -0.2) is 28.3 Å². The molecule has 2 atom stereocenters. The van der Waals surface area contributed by atoms with Gasteiger partial charge < -0.3 is 10.4 Å². The quantitative estimate of drug-likeness (QED) is 0.598. The summed E-state index contributed by atoms with van der Waals surface area (Å²) in [6.07, 6.45) is 6.95. The summed E-state index contributed by atoms with van der Waals surface area (Å²) in [4.78, 5) is 16.0. The first-order valence-electron chi connectivity index (χ1n) is 7.07. The van der Waals surface area contributed by atoms with Gasteiger partial charge in [0.25, 0.3) is 5.91 Å². The van der Waals surface area contributed by atoms with E-state index in [0.717, 1.165) is 0 Å². The Bertz CT molecular complexity index is 637. The van der Waals surface area contributed by atoms with Crippen LogP contribution >= 0.6 is 23.2 Å². The number of aliphatic imine (C=N–C) groups is 1. The summed E-state index contributed by atoms with van der Waals surface area (Å²) in [7, 11) is 0. The molecule has 4 nitrogen and oxygen atoms in total. The monoisotopic (exact) mass is 354 g/mol. The van der Waals surface area contributed by atoms with E-state index in [2.05, 4.69) is 16.9 Å². The van der Waals surface area contributed by atoms with Gasteiger partial charge in [0.05, 0.1) is 5.71 Å². The summed E-state index contributed by atoms with van der Waals surface area (Å²) in [6, 6.07) is 0. The molecule has 2 N–H and O–H groups in total. The summed E-state index contributed by atoms with van der Waals surface area (Å²) < 4.78 is 0. The molecule has 0 bridgehead atoms. The molecule has 6 heteroatoms. The zero-order valence-electron chi connectivity index (χ0n) is 13.3. The Morgan fingerprint density at radius 2 is 2.17 bits per heavy atom. The van der Waals surface area contributed by atoms with Crippen LogP contribution in [0.3, 0.4) is 0 Å². The van der Waals surface area contributed by atoms with Crippen molar-refractivity contribution in [2.75, 3.05) is 0 Å². The van der Waals surface area contributed by atoms with Crippen molar-refractivity contribution in [1.29, 1.82) is 0 Å². The lowest BCUT2D eigenvalue weighted by Crippen LogP contribution is -2.31. The number of rotatable bonds is 4. The van der Waals surface area contributed by atoms with E-state index in [0.29, 0.717) is 27.6 Å². The Balaban J connectivity index is 3.66. The van der Waals surface area contributed by atoms with E-state index >= 15 is 0 Å². The second-order valence-electron chi connectivity index (χ2n) is 4.84. The van der Waals surface area contributed by atoms with Crippen molar-refractivity contribution in [3.8, 4) is 0 Å². The minimum absolute atomic E-state index is 0.308. The van der Waals surface area contributed by atoms with Crippen molar-refractivity contribution < 1.29 is 9.90 Å².